The maximum Gasteiger partial charge on any atom is 0.139 e. The lowest BCUT2D eigenvalue weighted by Crippen LogP contribution is -2.05. The lowest BCUT2D eigenvalue weighted by atomic mass is 10.0. The van der Waals surface area contributed by atoms with Crippen molar-refractivity contribution in [3.05, 3.63) is 72.1 Å². The van der Waals surface area contributed by atoms with Crippen molar-refractivity contribution in [2.24, 2.45) is 0 Å². The number of aromatic nitrogens is 2. The monoisotopic (exact) mass is 318 g/mol. The van der Waals surface area contributed by atoms with Gasteiger partial charge in [0.05, 0.1) is 13.2 Å². The zero-order valence-corrected chi connectivity index (χ0v) is 13.4. The average Bonchev–Trinajstić information content (AvgIpc) is 3.08. The number of hydrogen-bond donors (Lipinski definition) is 2. The van der Waals surface area contributed by atoms with Crippen molar-refractivity contribution in [3.8, 4) is 5.75 Å². The standard InChI is InChI=1S/C19H18N4O/c1-24-15-9-7-13(8-10-15)17-11-16-18(20-12-21-19(16)23-17)22-14-5-3-2-4-6-14/h2-10,12,17H,11H2,1H3,(H2,20,21,22,23). The summed E-state index contributed by atoms with van der Waals surface area (Å²) in [6.45, 7) is 0. The molecule has 5 nitrogen and oxygen atoms in total. The van der Waals surface area contributed by atoms with Crippen molar-refractivity contribution in [2.45, 2.75) is 12.5 Å². The highest BCUT2D eigenvalue weighted by molar-refractivity contribution is 5.67. The van der Waals surface area contributed by atoms with Crippen molar-refractivity contribution >= 4 is 17.3 Å². The predicted molar refractivity (Wildman–Crippen MR) is 94.8 cm³/mol. The molecule has 5 heteroatoms. The summed E-state index contributed by atoms with van der Waals surface area (Å²) in [6.07, 6.45) is 2.44. The van der Waals surface area contributed by atoms with Gasteiger partial charge in [0, 0.05) is 17.7 Å². The Balaban J connectivity index is 1.58. The fourth-order valence-electron chi connectivity index (χ4n) is 2.95. The Morgan fingerprint density at radius 3 is 2.58 bits per heavy atom. The lowest BCUT2D eigenvalue weighted by Gasteiger charge is -2.11. The van der Waals surface area contributed by atoms with Crippen molar-refractivity contribution in [3.63, 3.8) is 0 Å². The number of benzene rings is 2. The Morgan fingerprint density at radius 2 is 1.83 bits per heavy atom. The normalized spacial score (nSPS) is 15.5. The molecule has 0 bridgehead atoms. The number of nitrogens with one attached hydrogen (secondary N) is 2. The van der Waals surface area contributed by atoms with Crippen LogP contribution in [0.25, 0.3) is 0 Å². The van der Waals surface area contributed by atoms with E-state index in [9.17, 15) is 0 Å². The second kappa shape index (κ2) is 6.20. The molecule has 24 heavy (non-hydrogen) atoms. The van der Waals surface area contributed by atoms with Crippen LogP contribution in [-0.4, -0.2) is 17.1 Å². The Hall–Kier alpha value is -3.08. The third-order valence-corrected chi connectivity index (χ3v) is 4.22. The van der Waals surface area contributed by atoms with E-state index < -0.39 is 0 Å². The number of rotatable bonds is 4. The van der Waals surface area contributed by atoms with Crippen molar-refractivity contribution in [1.82, 2.24) is 9.97 Å². The fraction of sp³-hybridized carbons (Fsp3) is 0.158. The summed E-state index contributed by atoms with van der Waals surface area (Å²) < 4.78 is 5.23. The van der Waals surface area contributed by atoms with Crippen molar-refractivity contribution in [2.75, 3.05) is 17.7 Å². The highest BCUT2D eigenvalue weighted by atomic mass is 16.5. The summed E-state index contributed by atoms with van der Waals surface area (Å²) >= 11 is 0. The maximum atomic E-state index is 5.23. The molecule has 0 aliphatic carbocycles. The number of fused-ring (bicyclic) bond motifs is 1. The van der Waals surface area contributed by atoms with Crippen LogP contribution < -0.4 is 15.4 Å². The summed E-state index contributed by atoms with van der Waals surface area (Å²) in [5.41, 5.74) is 3.34. The maximum absolute atomic E-state index is 5.23. The molecule has 4 rings (SSSR count). The molecule has 1 aromatic heterocycles. The highest BCUT2D eigenvalue weighted by Crippen LogP contribution is 2.37. The van der Waals surface area contributed by atoms with Crippen LogP contribution in [0.2, 0.25) is 0 Å². The predicted octanol–water partition coefficient (Wildman–Crippen LogP) is 3.94. The van der Waals surface area contributed by atoms with E-state index >= 15 is 0 Å². The molecule has 2 aromatic carbocycles. The molecule has 0 saturated carbocycles. The smallest absolute Gasteiger partial charge is 0.139 e. The van der Waals surface area contributed by atoms with Crippen LogP contribution >= 0.6 is 0 Å². The van der Waals surface area contributed by atoms with Crippen LogP contribution in [0, 0.1) is 0 Å². The zero-order chi connectivity index (χ0) is 16.4. The van der Waals surface area contributed by atoms with E-state index in [1.54, 1.807) is 13.4 Å². The van der Waals surface area contributed by atoms with Gasteiger partial charge in [0.2, 0.25) is 0 Å². The summed E-state index contributed by atoms with van der Waals surface area (Å²) in [4.78, 5) is 8.80. The van der Waals surface area contributed by atoms with Crippen LogP contribution in [0.4, 0.5) is 17.3 Å². The molecule has 1 atom stereocenters. The Morgan fingerprint density at radius 1 is 1.04 bits per heavy atom. The first kappa shape index (κ1) is 14.5. The van der Waals surface area contributed by atoms with Gasteiger partial charge in [-0.3, -0.25) is 0 Å². The summed E-state index contributed by atoms with van der Waals surface area (Å²) in [5.74, 6) is 2.61. The third kappa shape index (κ3) is 2.76. The zero-order valence-electron chi connectivity index (χ0n) is 13.4. The Kier molecular flexibility index (Phi) is 3.75. The van der Waals surface area contributed by atoms with Gasteiger partial charge in [0.1, 0.15) is 23.7 Å². The van der Waals surface area contributed by atoms with Gasteiger partial charge in [-0.2, -0.15) is 0 Å². The van der Waals surface area contributed by atoms with E-state index in [4.69, 9.17) is 4.74 Å². The number of anilines is 3. The molecule has 0 saturated heterocycles. The molecule has 0 amide bonds. The van der Waals surface area contributed by atoms with E-state index in [2.05, 4.69) is 32.7 Å². The number of methoxy groups -OCH3 is 1. The Bertz CT molecular complexity index is 834. The van der Waals surface area contributed by atoms with Gasteiger partial charge in [-0.1, -0.05) is 30.3 Å². The molecule has 1 aliphatic heterocycles. The van der Waals surface area contributed by atoms with E-state index in [0.29, 0.717) is 0 Å². The molecule has 0 radical (unpaired) electrons. The first-order valence-electron chi connectivity index (χ1n) is 7.90. The van der Waals surface area contributed by atoms with Crippen LogP contribution in [0.3, 0.4) is 0 Å². The van der Waals surface area contributed by atoms with Crippen LogP contribution in [0.5, 0.6) is 5.75 Å². The van der Waals surface area contributed by atoms with Gasteiger partial charge in [-0.25, -0.2) is 9.97 Å². The number of ether oxygens (including phenoxy) is 1. The van der Waals surface area contributed by atoms with Gasteiger partial charge >= 0.3 is 0 Å². The molecule has 2 heterocycles. The fourth-order valence-corrected chi connectivity index (χ4v) is 2.95. The molecular weight excluding hydrogens is 300 g/mol. The van der Waals surface area contributed by atoms with Gasteiger partial charge in [-0.15, -0.1) is 0 Å². The topological polar surface area (TPSA) is 59.1 Å². The molecule has 0 fully saturated rings. The number of hydrogen-bond acceptors (Lipinski definition) is 5. The van der Waals surface area contributed by atoms with Gasteiger partial charge < -0.3 is 15.4 Å². The van der Waals surface area contributed by atoms with E-state index in [1.165, 1.54) is 5.56 Å². The lowest BCUT2D eigenvalue weighted by molar-refractivity contribution is 0.414. The van der Waals surface area contributed by atoms with Crippen LogP contribution in [0.15, 0.2) is 60.9 Å². The quantitative estimate of drug-likeness (QED) is 0.763. The second-order valence-electron chi connectivity index (χ2n) is 5.71. The van der Waals surface area contributed by atoms with Gasteiger partial charge in [-0.05, 0) is 29.8 Å². The summed E-state index contributed by atoms with van der Waals surface area (Å²) in [5, 5.41) is 6.87. The molecule has 1 unspecified atom stereocenters. The minimum Gasteiger partial charge on any atom is -0.497 e. The summed E-state index contributed by atoms with van der Waals surface area (Å²) in [6, 6.07) is 18.4. The SMILES string of the molecule is COc1ccc(C2Cc3c(Nc4ccccc4)ncnc3N2)cc1. The molecule has 0 spiro atoms. The molecule has 1 aliphatic rings. The summed E-state index contributed by atoms with van der Waals surface area (Å²) in [7, 11) is 1.68. The largest absolute Gasteiger partial charge is 0.497 e. The van der Waals surface area contributed by atoms with E-state index in [0.717, 1.165) is 35.1 Å². The van der Waals surface area contributed by atoms with Crippen molar-refractivity contribution in [1.29, 1.82) is 0 Å². The Labute approximate surface area is 140 Å². The third-order valence-electron chi connectivity index (χ3n) is 4.22. The second-order valence-corrected chi connectivity index (χ2v) is 5.71. The highest BCUT2D eigenvalue weighted by Gasteiger charge is 2.26. The van der Waals surface area contributed by atoms with E-state index in [-0.39, 0.29) is 6.04 Å². The van der Waals surface area contributed by atoms with Crippen molar-refractivity contribution < 1.29 is 4.74 Å². The molecule has 120 valence electrons. The molecule has 2 N–H and O–H groups in total. The van der Waals surface area contributed by atoms with Gasteiger partial charge in [0.15, 0.2) is 0 Å². The minimum atomic E-state index is 0.193. The first-order valence-corrected chi connectivity index (χ1v) is 7.90. The molecular formula is C19H18N4O. The number of nitrogens with zero attached hydrogens (tertiary/aromatic N) is 2. The average molecular weight is 318 g/mol. The number of para-hydroxylation sites is 1. The van der Waals surface area contributed by atoms with Gasteiger partial charge in [0.25, 0.3) is 0 Å². The molecule has 3 aromatic rings. The van der Waals surface area contributed by atoms with Crippen LogP contribution in [-0.2, 0) is 6.42 Å². The first-order chi connectivity index (χ1) is 11.8. The van der Waals surface area contributed by atoms with Crippen LogP contribution in [0.1, 0.15) is 17.2 Å². The minimum absolute atomic E-state index is 0.193. The van der Waals surface area contributed by atoms with E-state index in [1.807, 2.05) is 42.5 Å².